The Morgan fingerprint density at radius 1 is 1.40 bits per heavy atom. The van der Waals surface area contributed by atoms with Crippen molar-refractivity contribution < 1.29 is 14.9 Å². The van der Waals surface area contributed by atoms with E-state index in [1.165, 1.54) is 6.33 Å². The van der Waals surface area contributed by atoms with E-state index >= 15 is 0 Å². The van der Waals surface area contributed by atoms with Crippen LogP contribution < -0.4 is 5.73 Å². The lowest BCUT2D eigenvalue weighted by molar-refractivity contribution is -0.0430. The average molecular weight is 360 g/mol. The summed E-state index contributed by atoms with van der Waals surface area (Å²) in [7, 11) is -1.26. The van der Waals surface area contributed by atoms with Crippen molar-refractivity contribution in [1.82, 2.24) is 14.5 Å². The van der Waals surface area contributed by atoms with Gasteiger partial charge in [0.2, 0.25) is 0 Å². The average Bonchev–Trinajstić information content (AvgIpc) is 3.07. The smallest absolute Gasteiger partial charge is 0.148 e. The zero-order valence-electron chi connectivity index (χ0n) is 14.7. The molecule has 3 atom stereocenters. The molecule has 1 aliphatic rings. The summed E-state index contributed by atoms with van der Waals surface area (Å²) in [6.45, 7) is 6.58. The Kier molecular flexibility index (Phi) is 4.84. The highest BCUT2D eigenvalue weighted by atomic mass is 28.3. The maximum absolute atomic E-state index is 10.0. The number of rotatable bonds is 3. The Hall–Kier alpha value is -1.92. The quantitative estimate of drug-likeness (QED) is 0.563. The molecule has 0 saturated carbocycles. The highest BCUT2D eigenvalue weighted by Crippen LogP contribution is 2.33. The van der Waals surface area contributed by atoms with E-state index in [1.807, 2.05) is 10.8 Å². The van der Waals surface area contributed by atoms with E-state index in [0.29, 0.717) is 23.3 Å². The molecule has 1 saturated heterocycles. The first kappa shape index (κ1) is 17.9. The van der Waals surface area contributed by atoms with Gasteiger partial charge in [-0.25, -0.2) is 9.97 Å². The largest absolute Gasteiger partial charge is 0.394 e. The summed E-state index contributed by atoms with van der Waals surface area (Å²) in [6, 6.07) is 0.887. The van der Waals surface area contributed by atoms with Gasteiger partial charge in [-0.15, -0.1) is 5.92 Å². The molecule has 7 nitrogen and oxygen atoms in total. The Bertz CT molecular complexity index is 834. The predicted octanol–water partition coefficient (Wildman–Crippen LogP) is 1.34. The van der Waals surface area contributed by atoms with Crippen LogP contribution in [0.1, 0.15) is 18.2 Å². The number of nitrogen functional groups attached to an aromatic ring is 1. The van der Waals surface area contributed by atoms with Crippen LogP contribution in [-0.2, 0) is 4.74 Å². The molecule has 2 aromatic rings. The van der Waals surface area contributed by atoms with Gasteiger partial charge >= 0.3 is 0 Å². The van der Waals surface area contributed by atoms with E-state index in [4.69, 9.17) is 10.5 Å². The van der Waals surface area contributed by atoms with Crippen molar-refractivity contribution in [3.05, 3.63) is 18.1 Å². The van der Waals surface area contributed by atoms with Crippen LogP contribution in [0.25, 0.3) is 11.0 Å². The normalized spacial score (nSPS) is 23.6. The summed E-state index contributed by atoms with van der Waals surface area (Å²) in [4.78, 5) is 8.40. The summed E-state index contributed by atoms with van der Waals surface area (Å²) in [5.74, 6) is 6.83. The highest BCUT2D eigenvalue weighted by molar-refractivity contribution is 6.76. The second-order valence-corrected chi connectivity index (χ2v) is 13.0. The van der Waals surface area contributed by atoms with Crippen molar-refractivity contribution in [1.29, 1.82) is 0 Å². The minimum absolute atomic E-state index is 0.225. The maximum Gasteiger partial charge on any atom is 0.148 e. The topological polar surface area (TPSA) is 106 Å². The third-order valence-electron chi connectivity index (χ3n) is 4.17. The van der Waals surface area contributed by atoms with Crippen LogP contribution in [0.2, 0.25) is 25.7 Å². The third kappa shape index (κ3) is 3.69. The Morgan fingerprint density at radius 2 is 2.16 bits per heavy atom. The third-order valence-corrected chi connectivity index (χ3v) is 5.41. The van der Waals surface area contributed by atoms with Gasteiger partial charge in [0.05, 0.1) is 31.7 Å². The Labute approximate surface area is 147 Å². The van der Waals surface area contributed by atoms with E-state index in [0.717, 1.165) is 11.6 Å². The lowest BCUT2D eigenvalue weighted by Crippen LogP contribution is -2.24. The van der Waals surface area contributed by atoms with E-state index < -0.39 is 26.5 Å². The number of anilines is 1. The molecule has 0 aliphatic carbocycles. The molecule has 0 aromatic carbocycles. The lowest BCUT2D eigenvalue weighted by Gasteiger charge is -2.14. The number of hydrogen-bond donors (Lipinski definition) is 3. The van der Waals surface area contributed by atoms with Crippen molar-refractivity contribution in [3.63, 3.8) is 0 Å². The molecule has 0 spiro atoms. The summed E-state index contributed by atoms with van der Waals surface area (Å²) in [5, 5.41) is 20.0. The monoisotopic (exact) mass is 360 g/mol. The van der Waals surface area contributed by atoms with Gasteiger partial charge in [0, 0.05) is 18.7 Å². The van der Waals surface area contributed by atoms with Crippen molar-refractivity contribution in [2.24, 2.45) is 0 Å². The van der Waals surface area contributed by atoms with Crippen molar-refractivity contribution >= 4 is 24.9 Å². The zero-order valence-corrected chi connectivity index (χ0v) is 15.7. The highest BCUT2D eigenvalue weighted by Gasteiger charge is 2.35. The molecular weight excluding hydrogens is 336 g/mol. The van der Waals surface area contributed by atoms with Crippen LogP contribution in [-0.4, -0.2) is 51.6 Å². The van der Waals surface area contributed by atoms with E-state index in [1.54, 1.807) is 0 Å². The fourth-order valence-corrected chi connectivity index (χ4v) is 3.50. The van der Waals surface area contributed by atoms with Gasteiger partial charge in [-0.2, -0.15) is 0 Å². The number of nitrogens with two attached hydrogens (primary N) is 1. The second-order valence-electron chi connectivity index (χ2n) is 7.56. The van der Waals surface area contributed by atoms with E-state index in [2.05, 4.69) is 41.4 Å². The van der Waals surface area contributed by atoms with E-state index in [9.17, 15) is 10.2 Å². The van der Waals surface area contributed by atoms with Crippen LogP contribution in [0.4, 0.5) is 5.82 Å². The first-order valence-corrected chi connectivity index (χ1v) is 12.0. The number of fused-ring (bicyclic) bond motifs is 1. The molecule has 3 rings (SSSR count). The molecule has 3 heterocycles. The van der Waals surface area contributed by atoms with Crippen LogP contribution in [0.3, 0.4) is 0 Å². The van der Waals surface area contributed by atoms with Gasteiger partial charge in [0.15, 0.2) is 0 Å². The molecule has 1 fully saturated rings. The fraction of sp³-hybridized carbons (Fsp3) is 0.529. The van der Waals surface area contributed by atoms with Crippen molar-refractivity contribution in [2.75, 3.05) is 12.3 Å². The molecule has 0 radical (unpaired) electrons. The summed E-state index contributed by atoms with van der Waals surface area (Å²) in [5.41, 5.74) is 7.44. The van der Waals surface area contributed by atoms with E-state index in [-0.39, 0.29) is 6.61 Å². The summed E-state index contributed by atoms with van der Waals surface area (Å²) >= 11 is 0. The zero-order chi connectivity index (χ0) is 18.2. The number of ether oxygens (including phenoxy) is 1. The minimum atomic E-state index is -1.26. The minimum Gasteiger partial charge on any atom is -0.394 e. The molecule has 134 valence electrons. The number of hydrogen-bond acceptors (Lipinski definition) is 6. The van der Waals surface area contributed by atoms with Crippen molar-refractivity contribution in [2.45, 2.75) is 50.5 Å². The van der Waals surface area contributed by atoms with Crippen LogP contribution in [0, 0.1) is 11.8 Å². The lowest BCUT2D eigenvalue weighted by atomic mass is 10.2. The second kappa shape index (κ2) is 6.76. The molecule has 25 heavy (non-hydrogen) atoms. The molecule has 0 unspecified atom stereocenters. The Balaban J connectivity index is 2.02. The summed E-state index contributed by atoms with van der Waals surface area (Å²) < 4.78 is 7.57. The molecule has 0 bridgehead atoms. The van der Waals surface area contributed by atoms with Crippen molar-refractivity contribution in [3.8, 4) is 11.8 Å². The first-order valence-electron chi connectivity index (χ1n) is 8.34. The number of aromatic nitrogens is 3. The van der Waals surface area contributed by atoms with Crippen LogP contribution >= 0.6 is 0 Å². The Morgan fingerprint density at radius 3 is 2.80 bits per heavy atom. The number of aliphatic hydroxyl groups is 2. The predicted molar refractivity (Wildman–Crippen MR) is 98.6 cm³/mol. The van der Waals surface area contributed by atoms with Gasteiger partial charge < -0.3 is 25.3 Å². The summed E-state index contributed by atoms with van der Waals surface area (Å²) in [6.07, 6.45) is 1.90. The molecule has 8 heteroatoms. The van der Waals surface area contributed by atoms with Gasteiger partial charge in [0.25, 0.3) is 0 Å². The molecular formula is C17H24N4O3Si. The fourth-order valence-electron chi connectivity index (χ4n) is 2.88. The molecule has 4 N–H and O–H groups in total. The van der Waals surface area contributed by atoms with Gasteiger partial charge in [-0.1, -0.05) is 25.6 Å². The van der Waals surface area contributed by atoms with Gasteiger partial charge in [-0.05, 0) is 0 Å². The van der Waals surface area contributed by atoms with Crippen LogP contribution in [0.15, 0.2) is 12.5 Å². The molecule has 1 aliphatic heterocycles. The number of nitrogens with zero attached hydrogens (tertiary/aromatic N) is 3. The maximum atomic E-state index is 10.0. The SMILES string of the molecule is C[Si](C)(C)CC#Cc1cn([C@H]2C[C@H](O)[C@@H](CO)O2)c2ncnc(N)c12. The molecule has 2 aromatic heterocycles. The molecule has 0 amide bonds. The number of aliphatic hydroxyl groups excluding tert-OH is 2. The first-order chi connectivity index (χ1) is 11.8. The van der Waals surface area contributed by atoms with Gasteiger partial charge in [0.1, 0.15) is 30.1 Å². The van der Waals surface area contributed by atoms with Gasteiger partial charge in [-0.3, -0.25) is 0 Å². The van der Waals surface area contributed by atoms with Crippen LogP contribution in [0.5, 0.6) is 0 Å². The standard InChI is InChI=1S/C17H24N4O3Si/c1-25(2,3)6-4-5-11-8-21(14-7-12(23)13(9-22)24-14)17-15(11)16(18)19-10-20-17/h8,10,12-14,22-23H,6-7,9H2,1-3H3,(H2,18,19,20)/t12-,13+,14+/m0/s1.